The number of rotatable bonds is 1. The zero-order valence-electron chi connectivity index (χ0n) is 11.6. The highest BCUT2D eigenvalue weighted by atomic mass is 16.2. The van der Waals surface area contributed by atoms with Crippen LogP contribution in [0, 0.1) is 0 Å². The molecule has 0 unspecified atom stereocenters. The Hall–Kier alpha value is -3.28. The number of benzene rings is 2. The summed E-state index contributed by atoms with van der Waals surface area (Å²) in [7, 11) is 0. The first-order valence-electron chi connectivity index (χ1n) is 6.70. The summed E-state index contributed by atoms with van der Waals surface area (Å²) >= 11 is 0. The van der Waals surface area contributed by atoms with Crippen molar-refractivity contribution in [2.75, 3.05) is 0 Å². The van der Waals surface area contributed by atoms with Gasteiger partial charge in [-0.05, 0) is 29.5 Å². The molecule has 0 saturated heterocycles. The molecule has 0 atom stereocenters. The molecule has 0 aliphatic rings. The molecule has 2 aromatic heterocycles. The molecule has 0 amide bonds. The quantitative estimate of drug-likeness (QED) is 0.583. The Labute approximate surface area is 126 Å². The molecular formula is C16H13N5O. The normalized spacial score (nSPS) is 10.0. The van der Waals surface area contributed by atoms with Gasteiger partial charge in [0.1, 0.15) is 0 Å². The number of tetrazole rings is 1. The molecule has 0 saturated carbocycles. The first-order chi connectivity index (χ1) is 10.8. The number of nitrogens with one attached hydrogen (secondary N) is 1. The number of nitrogens with zero attached hydrogens (tertiary/aromatic N) is 4. The van der Waals surface area contributed by atoms with E-state index in [1.54, 1.807) is 12.1 Å². The van der Waals surface area contributed by atoms with E-state index in [0.29, 0.717) is 0 Å². The van der Waals surface area contributed by atoms with Crippen molar-refractivity contribution in [3.8, 4) is 5.69 Å². The number of pyridine rings is 1. The number of hydrogen-bond donors (Lipinski definition) is 1. The average molecular weight is 291 g/mol. The maximum absolute atomic E-state index is 11.0. The van der Waals surface area contributed by atoms with Crippen LogP contribution in [0.3, 0.4) is 0 Å². The molecule has 0 bridgehead atoms. The molecule has 108 valence electrons. The van der Waals surface area contributed by atoms with Gasteiger partial charge in [-0.3, -0.25) is 4.98 Å². The van der Waals surface area contributed by atoms with E-state index < -0.39 is 5.69 Å². The fourth-order valence-electron chi connectivity index (χ4n) is 1.96. The molecule has 0 radical (unpaired) electrons. The first-order valence-corrected chi connectivity index (χ1v) is 6.70. The number of fused-ring (bicyclic) bond motifs is 1. The van der Waals surface area contributed by atoms with Gasteiger partial charge in [0.05, 0.1) is 11.2 Å². The Balaban J connectivity index is 0.000000133. The van der Waals surface area contributed by atoms with Crippen LogP contribution in [-0.4, -0.2) is 25.2 Å². The van der Waals surface area contributed by atoms with Crippen LogP contribution in [0.1, 0.15) is 0 Å². The van der Waals surface area contributed by atoms with E-state index in [2.05, 4.69) is 32.6 Å². The third-order valence-electron chi connectivity index (χ3n) is 3.00. The van der Waals surface area contributed by atoms with Crippen LogP contribution in [-0.2, 0) is 0 Å². The van der Waals surface area contributed by atoms with Crippen LogP contribution in [0.15, 0.2) is 77.7 Å². The molecule has 6 heteroatoms. The molecule has 1 N–H and O–H groups in total. The van der Waals surface area contributed by atoms with E-state index in [1.165, 1.54) is 10.1 Å². The number of aromatic amines is 1. The monoisotopic (exact) mass is 291 g/mol. The summed E-state index contributed by atoms with van der Waals surface area (Å²) < 4.78 is 1.26. The maximum Gasteiger partial charge on any atom is 0.388 e. The van der Waals surface area contributed by atoms with Gasteiger partial charge in [0.2, 0.25) is 0 Å². The topological polar surface area (TPSA) is 76.5 Å². The Morgan fingerprint density at radius 2 is 1.59 bits per heavy atom. The second kappa shape index (κ2) is 6.45. The smallest absolute Gasteiger partial charge is 0.256 e. The molecule has 2 aromatic carbocycles. The van der Waals surface area contributed by atoms with Gasteiger partial charge < -0.3 is 0 Å². The van der Waals surface area contributed by atoms with Crippen molar-refractivity contribution in [3.05, 3.63) is 83.4 Å². The minimum absolute atomic E-state index is 0.402. The number of para-hydroxylation sites is 2. The van der Waals surface area contributed by atoms with Gasteiger partial charge in [-0.15, -0.1) is 0 Å². The van der Waals surface area contributed by atoms with E-state index >= 15 is 0 Å². The van der Waals surface area contributed by atoms with Gasteiger partial charge in [-0.1, -0.05) is 47.6 Å². The minimum atomic E-state index is -0.402. The summed E-state index contributed by atoms with van der Waals surface area (Å²) in [4.78, 5) is 15.2. The largest absolute Gasteiger partial charge is 0.388 e. The summed E-state index contributed by atoms with van der Waals surface area (Å²) in [5, 5.41) is 10.3. The Morgan fingerprint density at radius 3 is 2.32 bits per heavy atom. The van der Waals surface area contributed by atoms with Gasteiger partial charge in [0, 0.05) is 11.6 Å². The van der Waals surface area contributed by atoms with Gasteiger partial charge in [0.25, 0.3) is 0 Å². The molecule has 22 heavy (non-hydrogen) atoms. The Bertz CT molecular complexity index is 849. The Kier molecular flexibility index (Phi) is 4.01. The predicted molar refractivity (Wildman–Crippen MR) is 83.7 cm³/mol. The molecule has 0 spiro atoms. The highest BCUT2D eigenvalue weighted by Gasteiger charge is 1.98. The average Bonchev–Trinajstić information content (AvgIpc) is 3.02. The maximum atomic E-state index is 11.0. The minimum Gasteiger partial charge on any atom is -0.256 e. The van der Waals surface area contributed by atoms with Gasteiger partial charge >= 0.3 is 5.69 Å². The van der Waals surface area contributed by atoms with Crippen LogP contribution in [0.2, 0.25) is 0 Å². The van der Waals surface area contributed by atoms with Crippen LogP contribution in [0.25, 0.3) is 16.6 Å². The van der Waals surface area contributed by atoms with E-state index in [-0.39, 0.29) is 0 Å². The van der Waals surface area contributed by atoms with Crippen molar-refractivity contribution in [2.45, 2.75) is 0 Å². The Morgan fingerprint density at radius 1 is 0.864 bits per heavy atom. The van der Waals surface area contributed by atoms with Crippen molar-refractivity contribution in [3.63, 3.8) is 0 Å². The zero-order valence-corrected chi connectivity index (χ0v) is 11.6. The standard InChI is InChI=1S/C9H7N.C7H6N4O/c1-2-6-9-8(4-1)5-3-7-10-9;12-7-8-9-10-11(7)6-4-2-1-3-5-6/h1-7H;1-5H,(H,8,10,12). The second-order valence-corrected chi connectivity index (χ2v) is 4.45. The third-order valence-corrected chi connectivity index (χ3v) is 3.00. The van der Waals surface area contributed by atoms with Crippen LogP contribution >= 0.6 is 0 Å². The lowest BCUT2D eigenvalue weighted by atomic mass is 10.2. The lowest BCUT2D eigenvalue weighted by molar-refractivity contribution is 0.780. The first kappa shape index (κ1) is 13.7. The number of aromatic nitrogens is 5. The van der Waals surface area contributed by atoms with Crippen molar-refractivity contribution in [1.29, 1.82) is 0 Å². The van der Waals surface area contributed by atoms with Crippen molar-refractivity contribution in [2.24, 2.45) is 0 Å². The summed E-state index contributed by atoms with van der Waals surface area (Å²) in [5.74, 6) is 0. The van der Waals surface area contributed by atoms with E-state index in [0.717, 1.165) is 11.2 Å². The summed E-state index contributed by atoms with van der Waals surface area (Å²) in [6, 6.07) is 21.2. The molecule has 0 aliphatic carbocycles. The van der Waals surface area contributed by atoms with Gasteiger partial charge in [0.15, 0.2) is 0 Å². The van der Waals surface area contributed by atoms with Crippen molar-refractivity contribution in [1.82, 2.24) is 25.2 Å². The molecule has 4 rings (SSSR count). The lowest BCUT2D eigenvalue weighted by Crippen LogP contribution is -2.15. The fourth-order valence-corrected chi connectivity index (χ4v) is 1.96. The van der Waals surface area contributed by atoms with Gasteiger partial charge in [-0.25, -0.2) is 4.79 Å². The lowest BCUT2D eigenvalue weighted by Gasteiger charge is -1.95. The van der Waals surface area contributed by atoms with E-state index in [4.69, 9.17) is 0 Å². The molecular weight excluding hydrogens is 278 g/mol. The number of H-pyrrole nitrogens is 1. The second-order valence-electron chi connectivity index (χ2n) is 4.45. The molecule has 0 aliphatic heterocycles. The third kappa shape index (κ3) is 3.06. The molecule has 6 nitrogen and oxygen atoms in total. The highest BCUT2D eigenvalue weighted by molar-refractivity contribution is 5.77. The summed E-state index contributed by atoms with van der Waals surface area (Å²) in [5.41, 5.74) is 1.39. The highest BCUT2D eigenvalue weighted by Crippen LogP contribution is 2.07. The molecule has 0 fully saturated rings. The van der Waals surface area contributed by atoms with Gasteiger partial charge in [-0.2, -0.15) is 9.90 Å². The predicted octanol–water partition coefficient (Wildman–Crippen LogP) is 2.19. The van der Waals surface area contributed by atoms with Crippen LogP contribution < -0.4 is 5.69 Å². The summed E-state index contributed by atoms with van der Waals surface area (Å²) in [6.07, 6.45) is 1.81. The van der Waals surface area contributed by atoms with E-state index in [1.807, 2.05) is 48.7 Å². The molecule has 4 aromatic rings. The van der Waals surface area contributed by atoms with Crippen molar-refractivity contribution >= 4 is 10.9 Å². The van der Waals surface area contributed by atoms with Crippen LogP contribution in [0.5, 0.6) is 0 Å². The molecule has 2 heterocycles. The SMILES string of the molecule is O=c1nn[nH]n1-c1ccccc1.c1ccc2ncccc2c1. The van der Waals surface area contributed by atoms with E-state index in [9.17, 15) is 4.79 Å². The zero-order chi connectivity index (χ0) is 15.2. The van der Waals surface area contributed by atoms with Crippen molar-refractivity contribution < 1.29 is 0 Å². The number of hydrogen-bond acceptors (Lipinski definition) is 4. The van der Waals surface area contributed by atoms with Crippen LogP contribution in [0.4, 0.5) is 0 Å². The summed E-state index contributed by atoms with van der Waals surface area (Å²) in [6.45, 7) is 0. The fraction of sp³-hybridized carbons (Fsp3) is 0.